The molecule has 2 rings (SSSR count). The molecule has 0 bridgehead atoms. The molecule has 0 N–H and O–H groups in total. The second-order valence-corrected chi connectivity index (χ2v) is 5.54. The zero-order valence-electron chi connectivity index (χ0n) is 14.0. The molecule has 23 heavy (non-hydrogen) atoms. The van der Waals surface area contributed by atoms with E-state index in [-0.39, 0.29) is 6.42 Å². The van der Waals surface area contributed by atoms with Gasteiger partial charge in [0.15, 0.2) is 0 Å². The molecule has 0 spiro atoms. The second kappa shape index (κ2) is 7.92. The number of fused-ring (bicyclic) bond motifs is 1. The Morgan fingerprint density at radius 1 is 1.17 bits per heavy atom. The maximum absolute atomic E-state index is 11.6. The van der Waals surface area contributed by atoms with Gasteiger partial charge in [-0.05, 0) is 24.7 Å². The van der Waals surface area contributed by atoms with E-state index in [1.807, 2.05) is 12.1 Å². The highest BCUT2D eigenvalue weighted by atomic mass is 16.6. The van der Waals surface area contributed by atoms with Crippen LogP contribution in [0.1, 0.15) is 32.8 Å². The summed E-state index contributed by atoms with van der Waals surface area (Å²) in [7, 11) is 0. The predicted molar refractivity (Wildman–Crippen MR) is 90.0 cm³/mol. The average molecular weight is 316 g/mol. The van der Waals surface area contributed by atoms with E-state index in [2.05, 4.69) is 46.4 Å². The van der Waals surface area contributed by atoms with Crippen molar-refractivity contribution in [3.63, 3.8) is 0 Å². The fraction of sp³-hybridized carbons (Fsp3) is 0.444. The molecule has 1 aromatic carbocycles. The maximum atomic E-state index is 11.6. The number of hydrogen-bond donors (Lipinski definition) is 0. The highest BCUT2D eigenvalue weighted by Gasteiger charge is 2.12. The number of para-hydroxylation sites is 1. The summed E-state index contributed by atoms with van der Waals surface area (Å²) in [4.78, 5) is 24.7. The highest BCUT2D eigenvalue weighted by molar-refractivity contribution is 5.85. The summed E-state index contributed by atoms with van der Waals surface area (Å²) >= 11 is 0. The first-order valence-corrected chi connectivity index (χ1v) is 8.05. The first kappa shape index (κ1) is 17.2. The number of carbonyl (C=O) groups is 2. The molecular weight excluding hydrogens is 292 g/mol. The zero-order valence-corrected chi connectivity index (χ0v) is 14.0. The van der Waals surface area contributed by atoms with Crippen LogP contribution in [-0.4, -0.2) is 34.5 Å². The van der Waals surface area contributed by atoms with Gasteiger partial charge in [-0.1, -0.05) is 32.0 Å². The Balaban J connectivity index is 2.20. The van der Waals surface area contributed by atoms with Crippen LogP contribution in [0, 0.1) is 0 Å². The van der Waals surface area contributed by atoms with Crippen molar-refractivity contribution in [2.24, 2.45) is 0 Å². The number of ether oxygens (including phenoxy) is 1. The number of nitrogens with zero attached hydrogens (tertiary/aromatic N) is 2. The SMILES string of the molecule is CCN(CC)Cc1cn(CCC(=O)OC(C)=O)c2ccccc12. The monoisotopic (exact) mass is 316 g/mol. The molecule has 0 fully saturated rings. The number of rotatable bonds is 7. The first-order chi connectivity index (χ1) is 11.0. The molecule has 0 amide bonds. The minimum absolute atomic E-state index is 0.183. The molecule has 1 aromatic heterocycles. The van der Waals surface area contributed by atoms with E-state index < -0.39 is 11.9 Å². The van der Waals surface area contributed by atoms with Gasteiger partial charge >= 0.3 is 11.9 Å². The third-order valence-electron chi connectivity index (χ3n) is 3.97. The lowest BCUT2D eigenvalue weighted by molar-refractivity contribution is -0.158. The van der Waals surface area contributed by atoms with Gasteiger partial charge in [0.1, 0.15) is 0 Å². The molecule has 0 saturated heterocycles. The van der Waals surface area contributed by atoms with E-state index in [0.717, 1.165) is 25.2 Å². The number of aryl methyl sites for hydroxylation is 1. The van der Waals surface area contributed by atoms with E-state index in [0.29, 0.717) is 6.54 Å². The minimum Gasteiger partial charge on any atom is -0.393 e. The molecule has 0 aliphatic heterocycles. The largest absolute Gasteiger partial charge is 0.393 e. The molecular formula is C18H24N2O3. The van der Waals surface area contributed by atoms with Crippen LogP contribution in [0.15, 0.2) is 30.5 Å². The quantitative estimate of drug-likeness (QED) is 0.582. The third kappa shape index (κ3) is 4.42. The van der Waals surface area contributed by atoms with Crippen molar-refractivity contribution in [2.75, 3.05) is 13.1 Å². The molecule has 0 saturated carbocycles. The van der Waals surface area contributed by atoms with Gasteiger partial charge in [-0.3, -0.25) is 14.5 Å². The topological polar surface area (TPSA) is 51.5 Å². The molecule has 0 aliphatic rings. The molecule has 5 nitrogen and oxygen atoms in total. The number of aromatic nitrogens is 1. The molecule has 0 aliphatic carbocycles. The lowest BCUT2D eigenvalue weighted by Gasteiger charge is -2.17. The Labute approximate surface area is 136 Å². The molecule has 0 unspecified atom stereocenters. The Morgan fingerprint density at radius 3 is 2.52 bits per heavy atom. The van der Waals surface area contributed by atoms with Crippen LogP contribution in [0.3, 0.4) is 0 Å². The minimum atomic E-state index is -0.561. The molecule has 5 heteroatoms. The summed E-state index contributed by atoms with van der Waals surface area (Å²) in [6.45, 7) is 8.94. The zero-order chi connectivity index (χ0) is 16.8. The summed E-state index contributed by atoms with van der Waals surface area (Å²) in [6.07, 6.45) is 2.28. The van der Waals surface area contributed by atoms with E-state index >= 15 is 0 Å². The van der Waals surface area contributed by atoms with Gasteiger partial charge in [0.05, 0.1) is 6.42 Å². The number of esters is 2. The van der Waals surface area contributed by atoms with Gasteiger partial charge < -0.3 is 9.30 Å². The summed E-state index contributed by atoms with van der Waals surface area (Å²) in [5, 5.41) is 1.21. The van der Waals surface area contributed by atoms with Gasteiger partial charge in [-0.25, -0.2) is 0 Å². The number of hydrogen-bond acceptors (Lipinski definition) is 4. The van der Waals surface area contributed by atoms with Crippen molar-refractivity contribution in [3.8, 4) is 0 Å². The van der Waals surface area contributed by atoms with Gasteiger partial charge in [-0.15, -0.1) is 0 Å². The van der Waals surface area contributed by atoms with Gasteiger partial charge in [0.25, 0.3) is 0 Å². The van der Waals surface area contributed by atoms with E-state index in [9.17, 15) is 9.59 Å². The summed E-state index contributed by atoms with van der Waals surface area (Å²) in [5.41, 5.74) is 2.36. The molecule has 0 atom stereocenters. The van der Waals surface area contributed by atoms with Crippen LogP contribution in [-0.2, 0) is 27.4 Å². The summed E-state index contributed by atoms with van der Waals surface area (Å²) in [5.74, 6) is -1.05. The Hall–Kier alpha value is -2.14. The van der Waals surface area contributed by atoms with Crippen molar-refractivity contribution in [1.82, 2.24) is 9.47 Å². The molecule has 124 valence electrons. The fourth-order valence-electron chi connectivity index (χ4n) is 2.75. The lowest BCUT2D eigenvalue weighted by atomic mass is 10.1. The Morgan fingerprint density at radius 2 is 1.87 bits per heavy atom. The van der Waals surface area contributed by atoms with Crippen molar-refractivity contribution in [3.05, 3.63) is 36.0 Å². The molecule has 1 heterocycles. The van der Waals surface area contributed by atoms with E-state index in [1.54, 1.807) is 0 Å². The normalized spacial score (nSPS) is 11.1. The van der Waals surface area contributed by atoms with Crippen molar-refractivity contribution in [1.29, 1.82) is 0 Å². The van der Waals surface area contributed by atoms with Crippen LogP contribution in [0.2, 0.25) is 0 Å². The van der Waals surface area contributed by atoms with Crippen molar-refractivity contribution >= 4 is 22.8 Å². The lowest BCUT2D eigenvalue weighted by Crippen LogP contribution is -2.21. The summed E-state index contributed by atoms with van der Waals surface area (Å²) < 4.78 is 6.66. The fourth-order valence-corrected chi connectivity index (χ4v) is 2.75. The van der Waals surface area contributed by atoms with Gasteiger partial charge in [0, 0.05) is 37.1 Å². The molecule has 2 aromatic rings. The highest BCUT2D eigenvalue weighted by Crippen LogP contribution is 2.23. The van der Waals surface area contributed by atoms with E-state index in [1.165, 1.54) is 17.9 Å². The smallest absolute Gasteiger partial charge is 0.315 e. The van der Waals surface area contributed by atoms with Crippen LogP contribution >= 0.6 is 0 Å². The Bertz CT molecular complexity index is 687. The van der Waals surface area contributed by atoms with Crippen LogP contribution in [0.5, 0.6) is 0 Å². The van der Waals surface area contributed by atoms with Crippen molar-refractivity contribution < 1.29 is 14.3 Å². The first-order valence-electron chi connectivity index (χ1n) is 8.05. The molecule has 0 radical (unpaired) electrons. The summed E-state index contributed by atoms with van der Waals surface area (Å²) in [6, 6.07) is 8.19. The van der Waals surface area contributed by atoms with Gasteiger partial charge in [0.2, 0.25) is 0 Å². The second-order valence-electron chi connectivity index (χ2n) is 5.54. The standard InChI is InChI=1S/C18H24N2O3/c1-4-19(5-2)12-15-13-20(11-10-18(22)23-14(3)21)17-9-7-6-8-16(15)17/h6-9,13H,4-5,10-12H2,1-3H3. The maximum Gasteiger partial charge on any atom is 0.315 e. The van der Waals surface area contributed by atoms with Crippen molar-refractivity contribution in [2.45, 2.75) is 40.3 Å². The van der Waals surface area contributed by atoms with Gasteiger partial charge in [-0.2, -0.15) is 0 Å². The van der Waals surface area contributed by atoms with Crippen LogP contribution < -0.4 is 0 Å². The van der Waals surface area contributed by atoms with Crippen LogP contribution in [0.25, 0.3) is 10.9 Å². The number of carbonyl (C=O) groups excluding carboxylic acids is 2. The Kier molecular flexibility index (Phi) is 5.93. The average Bonchev–Trinajstić information content (AvgIpc) is 2.88. The number of benzene rings is 1. The van der Waals surface area contributed by atoms with E-state index in [4.69, 9.17) is 0 Å². The predicted octanol–water partition coefficient (Wildman–Crippen LogP) is 2.96. The third-order valence-corrected chi connectivity index (χ3v) is 3.97. The van der Waals surface area contributed by atoms with Crippen LogP contribution in [0.4, 0.5) is 0 Å².